The number of fused-ring (bicyclic) bond motifs is 1. The smallest absolute Gasteiger partial charge is 0.230 e. The van der Waals surface area contributed by atoms with Gasteiger partial charge in [0.05, 0.1) is 41.6 Å². The molecule has 1 spiro atoms. The van der Waals surface area contributed by atoms with Crippen LogP contribution in [-0.4, -0.2) is 62.0 Å². The van der Waals surface area contributed by atoms with Gasteiger partial charge in [0.25, 0.3) is 0 Å². The Morgan fingerprint density at radius 1 is 1.50 bits per heavy atom. The number of amides is 2. The number of aromatic nitrogens is 2. The maximum atomic E-state index is 13.2. The molecule has 0 aromatic carbocycles. The van der Waals surface area contributed by atoms with Crippen molar-refractivity contribution in [2.45, 2.75) is 51.5 Å². The second-order valence-corrected chi connectivity index (χ2v) is 9.31. The van der Waals surface area contributed by atoms with E-state index in [1.54, 1.807) is 11.9 Å². The molecule has 0 aliphatic carbocycles. The number of aryl methyl sites for hydroxylation is 1. The van der Waals surface area contributed by atoms with E-state index in [9.17, 15) is 9.59 Å². The van der Waals surface area contributed by atoms with Crippen molar-refractivity contribution in [1.29, 1.82) is 0 Å². The van der Waals surface area contributed by atoms with E-state index < -0.39 is 17.4 Å². The zero-order chi connectivity index (χ0) is 18.9. The number of rotatable bonds is 3. The number of likely N-dealkylation sites (tertiary alicyclic amines) is 1. The predicted octanol–water partition coefficient (Wildman–Crippen LogP) is 1.39. The number of hydrogen-bond acceptors (Lipinski definition) is 6. The van der Waals surface area contributed by atoms with Gasteiger partial charge in [-0.15, -0.1) is 5.10 Å². The minimum atomic E-state index is -0.655. The Morgan fingerprint density at radius 2 is 2.23 bits per heavy atom. The first-order valence-electron chi connectivity index (χ1n) is 8.85. The maximum Gasteiger partial charge on any atom is 0.230 e. The van der Waals surface area contributed by atoms with Crippen LogP contribution in [0.4, 0.5) is 0 Å². The van der Waals surface area contributed by atoms with Crippen molar-refractivity contribution in [1.82, 2.24) is 19.4 Å². The lowest BCUT2D eigenvalue weighted by Crippen LogP contribution is -2.47. The molecule has 4 heterocycles. The van der Waals surface area contributed by atoms with Gasteiger partial charge in [0.15, 0.2) is 0 Å². The second kappa shape index (κ2) is 5.60. The van der Waals surface area contributed by atoms with Gasteiger partial charge in [0.2, 0.25) is 11.8 Å². The van der Waals surface area contributed by atoms with Gasteiger partial charge in [0.1, 0.15) is 5.60 Å². The van der Waals surface area contributed by atoms with E-state index in [2.05, 4.69) is 9.59 Å². The van der Waals surface area contributed by atoms with Gasteiger partial charge in [-0.1, -0.05) is 16.6 Å². The number of carbonyl (C=O) groups is 2. The van der Waals surface area contributed by atoms with Crippen molar-refractivity contribution in [2.75, 3.05) is 13.6 Å². The Labute approximate surface area is 157 Å². The molecule has 3 aliphatic heterocycles. The fraction of sp³-hybridized carbons (Fsp3) is 0.667. The molecule has 0 radical (unpaired) electrons. The quantitative estimate of drug-likeness (QED) is 0.745. The molecule has 8 heteroatoms. The number of ether oxygens (including phenoxy) is 1. The molecule has 1 aromatic rings. The normalized spacial score (nSPS) is 32.4. The fourth-order valence-electron chi connectivity index (χ4n) is 4.29. The van der Waals surface area contributed by atoms with E-state index in [1.807, 2.05) is 44.7 Å². The zero-order valence-electron chi connectivity index (χ0n) is 15.7. The van der Waals surface area contributed by atoms with Crippen molar-refractivity contribution in [3.8, 4) is 0 Å². The Morgan fingerprint density at radius 3 is 2.85 bits per heavy atom. The summed E-state index contributed by atoms with van der Waals surface area (Å²) < 4.78 is 10.1. The van der Waals surface area contributed by atoms with E-state index in [4.69, 9.17) is 4.74 Å². The Bertz CT molecular complexity index is 799. The van der Waals surface area contributed by atoms with Gasteiger partial charge < -0.3 is 14.5 Å². The van der Waals surface area contributed by atoms with Gasteiger partial charge >= 0.3 is 0 Å². The van der Waals surface area contributed by atoms with E-state index in [0.29, 0.717) is 13.1 Å². The molecule has 4 atom stereocenters. The van der Waals surface area contributed by atoms with Crippen LogP contribution in [0.1, 0.15) is 31.3 Å². The standard InChI is InChI=1S/C18H24N4O3S/c1-10-12(26-20-19-10)8-21(5)15(23)13-11-6-7-18(25-11)9-22(17(2,3)4)16(24)14(13)18/h6-7,11,13-14H,8-9H2,1-5H3/t11-,13?,14?,18-/m0/s1. The highest BCUT2D eigenvalue weighted by Gasteiger charge is 2.68. The maximum absolute atomic E-state index is 13.2. The summed E-state index contributed by atoms with van der Waals surface area (Å²) >= 11 is 1.30. The largest absolute Gasteiger partial charge is 0.360 e. The first-order chi connectivity index (χ1) is 12.1. The molecular formula is C18H24N4O3S. The average molecular weight is 376 g/mol. The van der Waals surface area contributed by atoms with Crippen LogP contribution in [-0.2, 0) is 20.9 Å². The van der Waals surface area contributed by atoms with Crippen LogP contribution in [0, 0.1) is 18.8 Å². The van der Waals surface area contributed by atoms with Crippen LogP contribution >= 0.6 is 11.5 Å². The van der Waals surface area contributed by atoms with Crippen LogP contribution < -0.4 is 0 Å². The van der Waals surface area contributed by atoms with Crippen molar-refractivity contribution in [3.63, 3.8) is 0 Å². The van der Waals surface area contributed by atoms with Gasteiger partial charge in [-0.3, -0.25) is 9.59 Å². The Balaban J connectivity index is 1.59. The summed E-state index contributed by atoms with van der Waals surface area (Å²) in [5.41, 5.74) is -0.111. The van der Waals surface area contributed by atoms with Crippen LogP contribution in [0.25, 0.3) is 0 Å². The molecule has 1 aromatic heterocycles. The third kappa shape index (κ3) is 2.42. The second-order valence-electron chi connectivity index (χ2n) is 8.47. The van der Waals surface area contributed by atoms with Crippen molar-refractivity contribution >= 4 is 23.3 Å². The first-order valence-corrected chi connectivity index (χ1v) is 9.63. The summed E-state index contributed by atoms with van der Waals surface area (Å²) in [6.45, 7) is 8.89. The first kappa shape index (κ1) is 17.6. The average Bonchev–Trinajstić information content (AvgIpc) is 3.28. The van der Waals surface area contributed by atoms with Gasteiger partial charge in [-0.25, -0.2) is 0 Å². The minimum Gasteiger partial charge on any atom is -0.360 e. The molecule has 7 nitrogen and oxygen atoms in total. The molecule has 2 saturated heterocycles. The topological polar surface area (TPSA) is 75.6 Å². The van der Waals surface area contributed by atoms with Crippen LogP contribution in [0.5, 0.6) is 0 Å². The zero-order valence-corrected chi connectivity index (χ0v) is 16.5. The highest BCUT2D eigenvalue weighted by Crippen LogP contribution is 2.53. The summed E-state index contributed by atoms with van der Waals surface area (Å²) in [5, 5.41) is 4.00. The van der Waals surface area contributed by atoms with Crippen LogP contribution in [0.15, 0.2) is 12.2 Å². The third-order valence-electron chi connectivity index (χ3n) is 5.70. The molecule has 0 saturated carbocycles. The summed E-state index contributed by atoms with van der Waals surface area (Å²) in [4.78, 5) is 30.9. The lowest BCUT2D eigenvalue weighted by Gasteiger charge is -2.34. The predicted molar refractivity (Wildman–Crippen MR) is 96.3 cm³/mol. The third-order valence-corrected chi connectivity index (χ3v) is 6.51. The van der Waals surface area contributed by atoms with Gasteiger partial charge in [0, 0.05) is 12.6 Å². The number of nitrogens with zero attached hydrogens (tertiary/aromatic N) is 4. The SMILES string of the molecule is Cc1nnsc1CN(C)C(=O)C1C2C(=O)N(C(C)(C)C)C[C@@]23C=C[C@@H]1O3. The Hall–Kier alpha value is -1.80. The molecular weight excluding hydrogens is 352 g/mol. The molecule has 2 fully saturated rings. The highest BCUT2D eigenvalue weighted by atomic mass is 32.1. The van der Waals surface area contributed by atoms with Crippen LogP contribution in [0.3, 0.4) is 0 Å². The van der Waals surface area contributed by atoms with E-state index in [0.717, 1.165) is 10.6 Å². The van der Waals surface area contributed by atoms with Crippen molar-refractivity contribution in [3.05, 3.63) is 22.7 Å². The summed E-state index contributed by atoms with van der Waals surface area (Å²) in [5.74, 6) is -0.937. The van der Waals surface area contributed by atoms with Crippen molar-refractivity contribution in [2.24, 2.45) is 11.8 Å². The Kier molecular flexibility index (Phi) is 3.79. The van der Waals surface area contributed by atoms with E-state index in [1.165, 1.54) is 11.5 Å². The van der Waals surface area contributed by atoms with E-state index >= 15 is 0 Å². The van der Waals surface area contributed by atoms with E-state index in [-0.39, 0.29) is 23.5 Å². The molecule has 3 aliphatic rings. The van der Waals surface area contributed by atoms with Crippen LogP contribution in [0.2, 0.25) is 0 Å². The number of hydrogen-bond donors (Lipinski definition) is 0. The monoisotopic (exact) mass is 376 g/mol. The lowest BCUT2D eigenvalue weighted by atomic mass is 9.76. The number of carbonyl (C=O) groups excluding carboxylic acids is 2. The molecule has 140 valence electrons. The van der Waals surface area contributed by atoms with Crippen molar-refractivity contribution < 1.29 is 14.3 Å². The fourth-order valence-corrected chi connectivity index (χ4v) is 4.98. The van der Waals surface area contributed by atoms with Gasteiger partial charge in [-0.05, 0) is 39.2 Å². The molecule has 0 N–H and O–H groups in total. The molecule has 4 rings (SSSR count). The van der Waals surface area contributed by atoms with Gasteiger partial charge in [-0.2, -0.15) is 0 Å². The molecule has 2 unspecified atom stereocenters. The minimum absolute atomic E-state index is 0.0201. The summed E-state index contributed by atoms with van der Waals surface area (Å²) in [7, 11) is 1.77. The summed E-state index contributed by atoms with van der Waals surface area (Å²) in [6.07, 6.45) is 3.63. The highest BCUT2D eigenvalue weighted by molar-refractivity contribution is 7.05. The molecule has 2 bridgehead atoms. The lowest BCUT2D eigenvalue weighted by molar-refractivity contribution is -0.144. The summed E-state index contributed by atoms with van der Waals surface area (Å²) in [6, 6.07) is 0. The molecule has 26 heavy (non-hydrogen) atoms. The molecule has 2 amide bonds.